The Morgan fingerprint density at radius 2 is 1.75 bits per heavy atom. The van der Waals surface area contributed by atoms with E-state index in [0.29, 0.717) is 6.61 Å². The molecule has 20 heavy (non-hydrogen) atoms. The summed E-state index contributed by atoms with van der Waals surface area (Å²) < 4.78 is 4.93. The predicted molar refractivity (Wildman–Crippen MR) is 83.5 cm³/mol. The van der Waals surface area contributed by atoms with Gasteiger partial charge >= 0.3 is 5.97 Å². The number of ether oxygens (including phenoxy) is 1. The van der Waals surface area contributed by atoms with E-state index in [2.05, 4.69) is 19.1 Å². The SMILES string of the molecule is CCC(C)(O)CC/C=C(\C)CC/C=C(\C)COC(C)=O. The Balaban J connectivity index is 3.94. The molecular formula is C17H30O3. The second kappa shape index (κ2) is 9.76. The van der Waals surface area contributed by atoms with Crippen molar-refractivity contribution in [3.05, 3.63) is 23.3 Å². The van der Waals surface area contributed by atoms with Crippen LogP contribution in [-0.2, 0) is 9.53 Å². The topological polar surface area (TPSA) is 46.5 Å². The van der Waals surface area contributed by atoms with E-state index < -0.39 is 5.60 Å². The zero-order chi connectivity index (χ0) is 15.6. The normalized spacial score (nSPS) is 15.9. The number of carbonyl (C=O) groups is 1. The van der Waals surface area contributed by atoms with Gasteiger partial charge in [-0.2, -0.15) is 0 Å². The van der Waals surface area contributed by atoms with E-state index in [0.717, 1.165) is 37.7 Å². The number of carbonyl (C=O) groups excluding carboxylic acids is 1. The van der Waals surface area contributed by atoms with Gasteiger partial charge in [0.25, 0.3) is 0 Å². The van der Waals surface area contributed by atoms with Crippen molar-refractivity contribution in [1.82, 2.24) is 0 Å². The molecule has 0 aliphatic heterocycles. The van der Waals surface area contributed by atoms with Crippen LogP contribution >= 0.6 is 0 Å². The summed E-state index contributed by atoms with van der Waals surface area (Å²) in [6.07, 6.45) is 8.80. The molecule has 0 spiro atoms. The summed E-state index contributed by atoms with van der Waals surface area (Å²) in [5, 5.41) is 9.91. The van der Waals surface area contributed by atoms with E-state index in [1.54, 1.807) is 0 Å². The van der Waals surface area contributed by atoms with Crippen LogP contribution in [0, 0.1) is 0 Å². The summed E-state index contributed by atoms with van der Waals surface area (Å²) in [7, 11) is 0. The second-order valence-corrected chi connectivity index (χ2v) is 5.81. The molecule has 3 nitrogen and oxygen atoms in total. The molecule has 1 N–H and O–H groups in total. The Morgan fingerprint density at radius 3 is 2.30 bits per heavy atom. The third-order valence-corrected chi connectivity index (χ3v) is 3.47. The largest absolute Gasteiger partial charge is 0.461 e. The molecule has 0 saturated carbocycles. The van der Waals surface area contributed by atoms with Gasteiger partial charge in [0.05, 0.1) is 5.60 Å². The van der Waals surface area contributed by atoms with Crippen LogP contribution in [0.3, 0.4) is 0 Å². The fourth-order valence-electron chi connectivity index (χ4n) is 1.73. The lowest BCUT2D eigenvalue weighted by Crippen LogP contribution is -2.21. The standard InChI is InChI=1S/C17H30O3/c1-6-17(5,19)12-8-11-14(2)9-7-10-15(3)13-20-16(4)18/h10-11,19H,6-9,12-13H2,1-5H3/b14-11+,15-10+. The van der Waals surface area contributed by atoms with Gasteiger partial charge < -0.3 is 9.84 Å². The number of aliphatic hydroxyl groups is 1. The Labute approximate surface area is 123 Å². The molecule has 0 aliphatic rings. The van der Waals surface area contributed by atoms with Crippen molar-refractivity contribution in [1.29, 1.82) is 0 Å². The lowest BCUT2D eigenvalue weighted by Gasteiger charge is -2.20. The van der Waals surface area contributed by atoms with Crippen LogP contribution in [0.1, 0.15) is 66.7 Å². The number of allylic oxidation sites excluding steroid dienone is 3. The predicted octanol–water partition coefficient (Wildman–Crippen LogP) is 4.16. The Bertz CT molecular complexity index is 351. The zero-order valence-electron chi connectivity index (χ0n) is 13.7. The molecule has 0 aromatic heterocycles. The number of hydrogen-bond acceptors (Lipinski definition) is 3. The summed E-state index contributed by atoms with van der Waals surface area (Å²) >= 11 is 0. The number of esters is 1. The maximum absolute atomic E-state index is 10.7. The molecule has 0 bridgehead atoms. The maximum Gasteiger partial charge on any atom is 0.302 e. The van der Waals surface area contributed by atoms with Crippen molar-refractivity contribution >= 4 is 5.97 Å². The first kappa shape index (κ1) is 18.9. The van der Waals surface area contributed by atoms with Crippen molar-refractivity contribution in [2.24, 2.45) is 0 Å². The van der Waals surface area contributed by atoms with Crippen LogP contribution in [0.15, 0.2) is 23.3 Å². The van der Waals surface area contributed by atoms with Gasteiger partial charge in [0.1, 0.15) is 6.61 Å². The highest BCUT2D eigenvalue weighted by Gasteiger charge is 2.15. The number of hydrogen-bond donors (Lipinski definition) is 1. The molecule has 0 aliphatic carbocycles. The van der Waals surface area contributed by atoms with Crippen LogP contribution < -0.4 is 0 Å². The summed E-state index contributed by atoms with van der Waals surface area (Å²) in [4.78, 5) is 10.7. The molecule has 1 unspecified atom stereocenters. The first-order chi connectivity index (χ1) is 9.26. The van der Waals surface area contributed by atoms with Crippen molar-refractivity contribution in [2.75, 3.05) is 6.61 Å². The van der Waals surface area contributed by atoms with Crippen molar-refractivity contribution < 1.29 is 14.6 Å². The minimum Gasteiger partial charge on any atom is -0.461 e. The monoisotopic (exact) mass is 282 g/mol. The van der Waals surface area contributed by atoms with Crippen molar-refractivity contribution in [3.8, 4) is 0 Å². The van der Waals surface area contributed by atoms with Crippen LogP contribution in [0.2, 0.25) is 0 Å². The van der Waals surface area contributed by atoms with Crippen LogP contribution in [0.25, 0.3) is 0 Å². The fraction of sp³-hybridized carbons (Fsp3) is 0.706. The summed E-state index contributed by atoms with van der Waals surface area (Å²) in [6.45, 7) is 9.80. The summed E-state index contributed by atoms with van der Waals surface area (Å²) in [6, 6.07) is 0. The van der Waals surface area contributed by atoms with Crippen molar-refractivity contribution in [3.63, 3.8) is 0 Å². The van der Waals surface area contributed by atoms with Gasteiger partial charge in [-0.3, -0.25) is 4.79 Å². The molecule has 0 saturated heterocycles. The lowest BCUT2D eigenvalue weighted by atomic mass is 9.96. The Kier molecular flexibility index (Phi) is 9.23. The van der Waals surface area contributed by atoms with E-state index >= 15 is 0 Å². The minimum atomic E-state index is -0.544. The summed E-state index contributed by atoms with van der Waals surface area (Å²) in [5.41, 5.74) is 1.88. The van der Waals surface area contributed by atoms with E-state index in [1.807, 2.05) is 20.8 Å². The zero-order valence-corrected chi connectivity index (χ0v) is 13.7. The second-order valence-electron chi connectivity index (χ2n) is 5.81. The van der Waals surface area contributed by atoms with E-state index in [1.165, 1.54) is 12.5 Å². The van der Waals surface area contributed by atoms with E-state index in [4.69, 9.17) is 4.74 Å². The third-order valence-electron chi connectivity index (χ3n) is 3.47. The fourth-order valence-corrected chi connectivity index (χ4v) is 1.73. The van der Waals surface area contributed by atoms with Crippen LogP contribution in [0.4, 0.5) is 0 Å². The highest BCUT2D eigenvalue weighted by molar-refractivity contribution is 5.66. The van der Waals surface area contributed by atoms with Crippen molar-refractivity contribution in [2.45, 2.75) is 72.3 Å². The average molecular weight is 282 g/mol. The van der Waals surface area contributed by atoms with Gasteiger partial charge in [-0.1, -0.05) is 24.6 Å². The first-order valence-corrected chi connectivity index (χ1v) is 7.44. The third kappa shape index (κ3) is 10.8. The molecule has 116 valence electrons. The van der Waals surface area contributed by atoms with Crippen LogP contribution in [0.5, 0.6) is 0 Å². The highest BCUT2D eigenvalue weighted by Crippen LogP contribution is 2.17. The Morgan fingerprint density at radius 1 is 1.15 bits per heavy atom. The minimum absolute atomic E-state index is 0.239. The molecule has 0 radical (unpaired) electrons. The average Bonchev–Trinajstić information content (AvgIpc) is 2.36. The molecule has 0 aromatic rings. The molecule has 0 fully saturated rings. The maximum atomic E-state index is 10.7. The lowest BCUT2D eigenvalue weighted by molar-refractivity contribution is -0.139. The number of rotatable bonds is 9. The van der Waals surface area contributed by atoms with Gasteiger partial charge in [0.2, 0.25) is 0 Å². The Hall–Kier alpha value is -1.09. The molecule has 1 atom stereocenters. The smallest absolute Gasteiger partial charge is 0.302 e. The van der Waals surface area contributed by atoms with E-state index in [9.17, 15) is 9.90 Å². The quantitative estimate of drug-likeness (QED) is 0.510. The highest BCUT2D eigenvalue weighted by atomic mass is 16.5. The summed E-state index contributed by atoms with van der Waals surface area (Å²) in [5.74, 6) is -0.239. The van der Waals surface area contributed by atoms with Gasteiger partial charge in [-0.05, 0) is 58.4 Å². The van der Waals surface area contributed by atoms with E-state index in [-0.39, 0.29) is 5.97 Å². The molecule has 0 aromatic carbocycles. The molecule has 0 rings (SSSR count). The van der Waals surface area contributed by atoms with Gasteiger partial charge in [0.15, 0.2) is 0 Å². The van der Waals surface area contributed by atoms with Gasteiger partial charge in [-0.25, -0.2) is 0 Å². The van der Waals surface area contributed by atoms with Gasteiger partial charge in [0, 0.05) is 6.92 Å². The molecule has 0 amide bonds. The first-order valence-electron chi connectivity index (χ1n) is 7.44. The molecule has 3 heteroatoms. The van der Waals surface area contributed by atoms with Crippen LogP contribution in [-0.4, -0.2) is 23.3 Å². The molecular weight excluding hydrogens is 252 g/mol. The molecule has 0 heterocycles. The van der Waals surface area contributed by atoms with Gasteiger partial charge in [-0.15, -0.1) is 0 Å².